The van der Waals surface area contributed by atoms with Crippen molar-refractivity contribution in [3.63, 3.8) is 0 Å². The zero-order chi connectivity index (χ0) is 9.14. The van der Waals surface area contributed by atoms with Gasteiger partial charge in [-0.15, -0.1) is 0 Å². The van der Waals surface area contributed by atoms with E-state index in [4.69, 9.17) is 10.2 Å². The van der Waals surface area contributed by atoms with Crippen molar-refractivity contribution in [2.75, 3.05) is 0 Å². The molecule has 5 nitrogen and oxygen atoms in total. The second-order valence-electron chi connectivity index (χ2n) is 2.19. The fourth-order valence-electron chi connectivity index (χ4n) is 0.785. The zero-order valence-electron chi connectivity index (χ0n) is 9.23. The number of carbonyl (C=O) groups is 2. The molecule has 1 aromatic rings. The molecule has 1 aromatic carbocycles. The van der Waals surface area contributed by atoms with Crippen LogP contribution in [0.15, 0.2) is 24.3 Å². The summed E-state index contributed by atoms with van der Waals surface area (Å²) < 4.78 is 0. The Morgan fingerprint density at radius 1 is 1.07 bits per heavy atom. The van der Waals surface area contributed by atoms with Crippen LogP contribution in [-0.2, 0) is 0 Å². The Labute approximate surface area is 113 Å². The predicted molar refractivity (Wildman–Crippen MR) is 52.0 cm³/mol. The molecule has 0 aliphatic heterocycles. The third-order valence-corrected chi connectivity index (χ3v) is 1.36. The molecule has 0 radical (unpaired) electrons. The Bertz CT molecular complexity index is 316. The number of aromatic carboxylic acids is 2. The van der Waals surface area contributed by atoms with Crippen molar-refractivity contribution in [3.8, 4) is 0 Å². The van der Waals surface area contributed by atoms with E-state index in [1.54, 1.807) is 0 Å². The number of rotatable bonds is 2. The number of carboxylic acid groups (broad SMARTS) is 2. The van der Waals surface area contributed by atoms with Gasteiger partial charge in [-0.25, -0.2) is 9.59 Å². The summed E-state index contributed by atoms with van der Waals surface area (Å²) in [5.41, 5.74) is -0.0372. The van der Waals surface area contributed by atoms with E-state index in [-0.39, 0.29) is 57.2 Å². The fraction of sp³-hybridized carbons (Fsp3) is 0. The van der Waals surface area contributed by atoms with Crippen LogP contribution in [0.5, 0.6) is 0 Å². The van der Waals surface area contributed by atoms with E-state index in [1.165, 1.54) is 18.2 Å². The molecule has 0 aliphatic rings. The van der Waals surface area contributed by atoms with E-state index in [1.807, 2.05) is 0 Å². The van der Waals surface area contributed by atoms with Crippen molar-refractivity contribution < 1.29 is 28.1 Å². The molecule has 4 N–H and O–H groups in total. The van der Waals surface area contributed by atoms with Gasteiger partial charge in [0.05, 0.1) is 11.1 Å². The molecule has 0 amide bonds. The van der Waals surface area contributed by atoms with Crippen molar-refractivity contribution in [1.82, 2.24) is 0 Å². The standard InChI is InChI=1S/C8H6O4.Ca.H2O.2H/c9-7(10)5-2-1-3-6(4-5)8(11)12;;;;/h1-4H,(H,9,10)(H,11,12);;1H2;;/q;+2;;2*-1. The summed E-state index contributed by atoms with van der Waals surface area (Å²) in [6.07, 6.45) is 0. The van der Waals surface area contributed by atoms with Crippen LogP contribution in [0.3, 0.4) is 0 Å². The first-order valence-electron chi connectivity index (χ1n) is 3.18. The van der Waals surface area contributed by atoms with E-state index in [0.717, 1.165) is 6.07 Å². The maximum Gasteiger partial charge on any atom is 2.00 e. The number of hydrogen-bond acceptors (Lipinski definition) is 2. The SMILES string of the molecule is O.O=C(O)c1cccc(C(=O)O)c1.[Ca+2].[H-].[H-]. The van der Waals surface area contributed by atoms with Crippen molar-refractivity contribution >= 4 is 49.7 Å². The molecule has 74 valence electrons. The molecule has 6 heteroatoms. The summed E-state index contributed by atoms with van der Waals surface area (Å²) in [6.45, 7) is 0. The van der Waals surface area contributed by atoms with Crippen molar-refractivity contribution in [3.05, 3.63) is 35.4 Å². The van der Waals surface area contributed by atoms with Gasteiger partial charge in [-0.05, 0) is 18.2 Å². The first kappa shape index (κ1) is 15.8. The van der Waals surface area contributed by atoms with Gasteiger partial charge in [0.1, 0.15) is 0 Å². The Kier molecular flexibility index (Phi) is 7.67. The maximum atomic E-state index is 10.4. The molecule has 0 aliphatic carbocycles. The Hall–Kier alpha value is -0.620. The molecule has 0 atom stereocenters. The number of hydrogen-bond donors (Lipinski definition) is 2. The van der Waals surface area contributed by atoms with Crippen LogP contribution in [0.2, 0.25) is 0 Å². The second-order valence-corrected chi connectivity index (χ2v) is 2.19. The number of benzene rings is 1. The fourth-order valence-corrected chi connectivity index (χ4v) is 0.785. The van der Waals surface area contributed by atoms with E-state index in [2.05, 4.69) is 0 Å². The minimum absolute atomic E-state index is 0. The molecule has 0 saturated carbocycles. The molecule has 0 heterocycles. The average molecular weight is 226 g/mol. The van der Waals surface area contributed by atoms with Gasteiger partial charge < -0.3 is 18.5 Å². The summed E-state index contributed by atoms with van der Waals surface area (Å²) in [6, 6.07) is 5.20. The average Bonchev–Trinajstić information content (AvgIpc) is 2.04. The van der Waals surface area contributed by atoms with Crippen LogP contribution < -0.4 is 0 Å². The van der Waals surface area contributed by atoms with E-state index in [0.29, 0.717) is 0 Å². The number of carboxylic acids is 2. The smallest absolute Gasteiger partial charge is 1.00 e. The van der Waals surface area contributed by atoms with E-state index in [9.17, 15) is 9.59 Å². The quantitative estimate of drug-likeness (QED) is 0.697. The van der Waals surface area contributed by atoms with Crippen LogP contribution in [0.25, 0.3) is 0 Å². The Balaban J connectivity index is -0.000000180. The Morgan fingerprint density at radius 3 is 1.71 bits per heavy atom. The molecule has 0 spiro atoms. The second kappa shape index (κ2) is 6.78. The van der Waals surface area contributed by atoms with Gasteiger partial charge in [0.2, 0.25) is 0 Å². The normalized spacial score (nSPS) is 8.00. The molecule has 0 bridgehead atoms. The molecular formula is C8H10CaO5. The Morgan fingerprint density at radius 2 is 1.43 bits per heavy atom. The zero-order valence-corrected chi connectivity index (χ0v) is 9.44. The van der Waals surface area contributed by atoms with Gasteiger partial charge in [-0.3, -0.25) is 0 Å². The van der Waals surface area contributed by atoms with Gasteiger partial charge >= 0.3 is 49.7 Å². The molecule has 0 unspecified atom stereocenters. The van der Waals surface area contributed by atoms with E-state index >= 15 is 0 Å². The first-order valence-corrected chi connectivity index (χ1v) is 3.18. The van der Waals surface area contributed by atoms with Crippen molar-refractivity contribution in [2.24, 2.45) is 0 Å². The summed E-state index contributed by atoms with van der Waals surface area (Å²) >= 11 is 0. The summed E-state index contributed by atoms with van der Waals surface area (Å²) in [4.78, 5) is 20.8. The van der Waals surface area contributed by atoms with Crippen LogP contribution in [0, 0.1) is 0 Å². The van der Waals surface area contributed by atoms with Gasteiger partial charge in [0, 0.05) is 0 Å². The van der Waals surface area contributed by atoms with Crippen LogP contribution in [0.1, 0.15) is 23.6 Å². The summed E-state index contributed by atoms with van der Waals surface area (Å²) in [7, 11) is 0. The largest absolute Gasteiger partial charge is 2.00 e. The minimum atomic E-state index is -1.13. The van der Waals surface area contributed by atoms with Gasteiger partial charge in [-0.2, -0.15) is 0 Å². The van der Waals surface area contributed by atoms with Crippen molar-refractivity contribution in [2.45, 2.75) is 0 Å². The van der Waals surface area contributed by atoms with E-state index < -0.39 is 11.9 Å². The molecule has 14 heavy (non-hydrogen) atoms. The third-order valence-electron chi connectivity index (χ3n) is 1.36. The summed E-state index contributed by atoms with van der Waals surface area (Å²) in [5.74, 6) is -2.25. The predicted octanol–water partition coefficient (Wildman–Crippen LogP) is 0.103. The minimum Gasteiger partial charge on any atom is -1.00 e. The third kappa shape index (κ3) is 4.06. The molecule has 0 fully saturated rings. The summed E-state index contributed by atoms with van der Waals surface area (Å²) in [5, 5.41) is 17.0. The van der Waals surface area contributed by atoms with Crippen LogP contribution in [0.4, 0.5) is 0 Å². The topological polar surface area (TPSA) is 106 Å². The maximum absolute atomic E-state index is 10.4. The molecule has 0 saturated heterocycles. The molecular weight excluding hydrogens is 216 g/mol. The molecule has 0 aromatic heterocycles. The van der Waals surface area contributed by atoms with Crippen LogP contribution >= 0.6 is 0 Å². The van der Waals surface area contributed by atoms with Gasteiger partial charge in [0.15, 0.2) is 0 Å². The van der Waals surface area contributed by atoms with Gasteiger partial charge in [0.25, 0.3) is 0 Å². The first-order chi connectivity index (χ1) is 5.61. The van der Waals surface area contributed by atoms with Gasteiger partial charge in [-0.1, -0.05) is 6.07 Å². The van der Waals surface area contributed by atoms with Crippen molar-refractivity contribution in [1.29, 1.82) is 0 Å². The van der Waals surface area contributed by atoms with Crippen LogP contribution in [-0.4, -0.2) is 65.4 Å². The molecule has 1 rings (SSSR count). The monoisotopic (exact) mass is 226 g/mol.